The molecule has 24 heavy (non-hydrogen) atoms. The summed E-state index contributed by atoms with van der Waals surface area (Å²) in [5.74, 6) is 2.21. The monoisotopic (exact) mass is 369 g/mol. The van der Waals surface area contributed by atoms with Gasteiger partial charge in [0.05, 0.1) is 11.9 Å². The normalized spacial score (nSPS) is 16.2. The van der Waals surface area contributed by atoms with Gasteiger partial charge >= 0.3 is 0 Å². The molecule has 6 nitrogen and oxygen atoms in total. The maximum atomic E-state index is 5.97. The van der Waals surface area contributed by atoms with E-state index in [4.69, 9.17) is 4.74 Å². The first-order valence-corrected chi connectivity index (χ1v) is 7.53. The number of nitrogens with zero attached hydrogens (tertiary/aromatic N) is 5. The van der Waals surface area contributed by atoms with Crippen molar-refractivity contribution in [2.75, 3.05) is 50.1 Å². The summed E-state index contributed by atoms with van der Waals surface area (Å²) in [5, 5.41) is 0. The lowest BCUT2D eigenvalue weighted by molar-refractivity contribution is 0.310. The lowest BCUT2D eigenvalue weighted by Crippen LogP contribution is -2.45. The van der Waals surface area contributed by atoms with Gasteiger partial charge < -0.3 is 19.4 Å². The van der Waals surface area contributed by atoms with Crippen LogP contribution in [-0.4, -0.2) is 55.1 Å². The lowest BCUT2D eigenvalue weighted by Gasteiger charge is -2.33. The quantitative estimate of drug-likeness (QED) is 0.769. The summed E-state index contributed by atoms with van der Waals surface area (Å²) in [5.41, 5.74) is 1.93. The Morgan fingerprint density at radius 1 is 0.958 bits per heavy atom. The summed E-state index contributed by atoms with van der Waals surface area (Å²) >= 11 is 0. The van der Waals surface area contributed by atoms with Crippen molar-refractivity contribution >= 4 is 42.1 Å². The fraction of sp³-hybridized carbons (Fsp3) is 0.375. The molecule has 1 saturated heterocycles. The first kappa shape index (κ1) is 18.6. The van der Waals surface area contributed by atoms with Crippen molar-refractivity contribution in [1.29, 1.82) is 0 Å². The number of ether oxygens (including phenoxy) is 1. The Labute approximate surface area is 154 Å². The van der Waals surface area contributed by atoms with Crippen LogP contribution in [-0.2, 0) is 0 Å². The average molecular weight is 370 g/mol. The number of aromatic nitrogens is 2. The van der Waals surface area contributed by atoms with Gasteiger partial charge in [-0.2, -0.15) is 4.98 Å². The Morgan fingerprint density at radius 2 is 1.67 bits per heavy atom. The Hall–Kier alpha value is -1.76. The third-order valence-electron chi connectivity index (χ3n) is 4.30. The van der Waals surface area contributed by atoms with Crippen LogP contribution in [0.5, 0.6) is 11.6 Å². The number of piperazine rings is 1. The summed E-state index contributed by atoms with van der Waals surface area (Å²) in [6.07, 6.45) is 1.85. The van der Waals surface area contributed by atoms with Gasteiger partial charge in [-0.25, -0.2) is 4.98 Å². The van der Waals surface area contributed by atoms with Crippen molar-refractivity contribution in [3.8, 4) is 11.6 Å². The summed E-state index contributed by atoms with van der Waals surface area (Å²) in [6.45, 7) is 3.96. The fourth-order valence-electron chi connectivity index (χ4n) is 2.87. The summed E-state index contributed by atoms with van der Waals surface area (Å²) in [4.78, 5) is 15.8. The van der Waals surface area contributed by atoms with Crippen LogP contribution < -0.4 is 14.5 Å². The molecule has 0 bridgehead atoms. The molecule has 0 saturated carbocycles. The minimum absolute atomic E-state index is 0. The van der Waals surface area contributed by atoms with E-state index in [0.29, 0.717) is 5.88 Å². The molecule has 0 aliphatic carbocycles. The molecule has 0 radical (unpaired) electrons. The van der Waals surface area contributed by atoms with Crippen LogP contribution in [0.3, 0.4) is 0 Å². The molecule has 1 aromatic carbocycles. The van der Waals surface area contributed by atoms with E-state index in [9.17, 15) is 0 Å². The number of hydrogen-bond donors (Lipinski definition) is 0. The number of halogens is 2. The maximum absolute atomic E-state index is 5.97. The molecule has 3 heterocycles. The van der Waals surface area contributed by atoms with Crippen LogP contribution >= 0.6 is 24.8 Å². The molecule has 1 aromatic heterocycles. The second kappa shape index (κ2) is 7.42. The summed E-state index contributed by atoms with van der Waals surface area (Å²) < 4.78 is 5.97. The molecule has 8 heteroatoms. The van der Waals surface area contributed by atoms with E-state index in [1.54, 1.807) is 0 Å². The van der Waals surface area contributed by atoms with E-state index < -0.39 is 0 Å². The fourth-order valence-corrected chi connectivity index (χ4v) is 2.87. The third-order valence-corrected chi connectivity index (χ3v) is 4.30. The minimum atomic E-state index is 0. The molecule has 1 fully saturated rings. The highest BCUT2D eigenvalue weighted by molar-refractivity contribution is 5.85. The van der Waals surface area contributed by atoms with E-state index in [2.05, 4.69) is 31.7 Å². The SMILES string of the molecule is CN1CCN(c2ncc3c(n2)Oc2ccccc2N3C)CC1.Cl.Cl. The molecule has 0 atom stereocenters. The van der Waals surface area contributed by atoms with Crippen LogP contribution in [0.25, 0.3) is 0 Å². The zero-order chi connectivity index (χ0) is 15.1. The van der Waals surface area contributed by atoms with Crippen LogP contribution in [0.15, 0.2) is 30.5 Å². The topological polar surface area (TPSA) is 44.7 Å². The largest absolute Gasteiger partial charge is 0.435 e. The number of para-hydroxylation sites is 2. The second-order valence-electron chi connectivity index (χ2n) is 5.78. The number of benzene rings is 1. The van der Waals surface area contributed by atoms with E-state index in [1.165, 1.54) is 0 Å². The predicted molar refractivity (Wildman–Crippen MR) is 101 cm³/mol. The van der Waals surface area contributed by atoms with E-state index in [0.717, 1.165) is 49.3 Å². The molecule has 4 rings (SSSR count). The van der Waals surface area contributed by atoms with Crippen molar-refractivity contribution in [3.05, 3.63) is 30.5 Å². The van der Waals surface area contributed by atoms with Gasteiger partial charge in [0.15, 0.2) is 5.75 Å². The Bertz CT molecular complexity index is 707. The number of likely N-dealkylation sites (N-methyl/N-ethyl adjacent to an activating group) is 1. The molecule has 130 valence electrons. The van der Waals surface area contributed by atoms with Crippen molar-refractivity contribution in [2.24, 2.45) is 0 Å². The summed E-state index contributed by atoms with van der Waals surface area (Å²) in [7, 11) is 4.15. The first-order valence-electron chi connectivity index (χ1n) is 7.53. The lowest BCUT2D eigenvalue weighted by atomic mass is 10.2. The van der Waals surface area contributed by atoms with Crippen molar-refractivity contribution < 1.29 is 4.74 Å². The summed E-state index contributed by atoms with van der Waals surface area (Å²) in [6, 6.07) is 7.97. The Kier molecular flexibility index (Phi) is 5.74. The molecule has 0 N–H and O–H groups in total. The van der Waals surface area contributed by atoms with E-state index in [-0.39, 0.29) is 24.8 Å². The molecule has 0 spiro atoms. The smallest absolute Gasteiger partial charge is 0.248 e. The molecular weight excluding hydrogens is 349 g/mol. The Balaban J connectivity index is 0.00000104. The van der Waals surface area contributed by atoms with Crippen molar-refractivity contribution in [1.82, 2.24) is 14.9 Å². The van der Waals surface area contributed by atoms with Gasteiger partial charge in [0.25, 0.3) is 0 Å². The van der Waals surface area contributed by atoms with Crippen molar-refractivity contribution in [2.45, 2.75) is 0 Å². The average Bonchev–Trinajstić information content (AvgIpc) is 2.55. The van der Waals surface area contributed by atoms with E-state index >= 15 is 0 Å². The Morgan fingerprint density at radius 3 is 2.42 bits per heavy atom. The van der Waals surface area contributed by atoms with E-state index in [1.807, 2.05) is 37.5 Å². The van der Waals surface area contributed by atoms with Crippen LogP contribution in [0.2, 0.25) is 0 Å². The molecule has 0 amide bonds. The van der Waals surface area contributed by atoms with Gasteiger partial charge in [0.2, 0.25) is 11.8 Å². The highest BCUT2D eigenvalue weighted by Gasteiger charge is 2.25. The molecule has 2 aliphatic heterocycles. The van der Waals surface area contributed by atoms with Crippen LogP contribution in [0, 0.1) is 0 Å². The second-order valence-corrected chi connectivity index (χ2v) is 5.78. The van der Waals surface area contributed by atoms with Gasteiger partial charge in [0.1, 0.15) is 5.69 Å². The minimum Gasteiger partial charge on any atom is -0.435 e. The number of rotatable bonds is 1. The first-order chi connectivity index (χ1) is 10.7. The third kappa shape index (κ3) is 3.22. The maximum Gasteiger partial charge on any atom is 0.248 e. The molecule has 0 unspecified atom stereocenters. The predicted octanol–water partition coefficient (Wildman–Crippen LogP) is 2.95. The van der Waals surface area contributed by atoms with Gasteiger partial charge in [-0.3, -0.25) is 0 Å². The highest BCUT2D eigenvalue weighted by atomic mass is 35.5. The molecule has 2 aromatic rings. The molecular formula is C16H21Cl2N5O. The standard InChI is InChI=1S/C16H19N5O.2ClH/c1-19-7-9-21(10-8-19)16-17-11-13-15(18-16)22-14-6-4-3-5-12(14)20(13)2;;/h3-6,11H,7-10H2,1-2H3;2*1H. The van der Waals surface area contributed by atoms with Crippen LogP contribution in [0.4, 0.5) is 17.3 Å². The van der Waals surface area contributed by atoms with Crippen molar-refractivity contribution in [3.63, 3.8) is 0 Å². The van der Waals surface area contributed by atoms with Gasteiger partial charge in [-0.1, -0.05) is 12.1 Å². The number of hydrogen-bond acceptors (Lipinski definition) is 6. The van der Waals surface area contributed by atoms with Gasteiger partial charge in [-0.05, 0) is 19.2 Å². The van der Waals surface area contributed by atoms with Crippen LogP contribution in [0.1, 0.15) is 0 Å². The number of anilines is 3. The number of fused-ring (bicyclic) bond motifs is 2. The van der Waals surface area contributed by atoms with Gasteiger partial charge in [0, 0.05) is 33.2 Å². The zero-order valence-corrected chi connectivity index (χ0v) is 15.3. The molecule has 2 aliphatic rings. The van der Waals surface area contributed by atoms with Gasteiger partial charge in [-0.15, -0.1) is 24.8 Å². The highest BCUT2D eigenvalue weighted by Crippen LogP contribution is 2.44. The zero-order valence-electron chi connectivity index (χ0n) is 13.7.